The minimum absolute atomic E-state index is 0.100. The second-order valence-electron chi connectivity index (χ2n) is 6.04. The molecule has 0 bridgehead atoms. The number of anilines is 1. The molecule has 1 N–H and O–H groups in total. The summed E-state index contributed by atoms with van der Waals surface area (Å²) in [5, 5.41) is 2.95. The lowest BCUT2D eigenvalue weighted by Crippen LogP contribution is -2.40. The van der Waals surface area contributed by atoms with E-state index in [0.29, 0.717) is 24.6 Å². The molecule has 5 nitrogen and oxygen atoms in total. The summed E-state index contributed by atoms with van der Waals surface area (Å²) >= 11 is 0. The fraction of sp³-hybridized carbons (Fsp3) is 0.474. The van der Waals surface area contributed by atoms with Crippen LogP contribution in [0.3, 0.4) is 0 Å². The summed E-state index contributed by atoms with van der Waals surface area (Å²) in [7, 11) is 1.67. The predicted molar refractivity (Wildman–Crippen MR) is 95.1 cm³/mol. The van der Waals surface area contributed by atoms with Crippen LogP contribution in [0.1, 0.15) is 36.5 Å². The van der Waals surface area contributed by atoms with Crippen LogP contribution >= 0.6 is 0 Å². The van der Waals surface area contributed by atoms with Crippen molar-refractivity contribution in [3.05, 3.63) is 42.5 Å². The van der Waals surface area contributed by atoms with E-state index in [9.17, 15) is 9.59 Å². The molecule has 0 radical (unpaired) electrons. The highest BCUT2D eigenvalue weighted by molar-refractivity contribution is 6.01. The molecule has 1 unspecified atom stereocenters. The average Bonchev–Trinajstić information content (AvgIpc) is 2.56. The van der Waals surface area contributed by atoms with Gasteiger partial charge in [-0.05, 0) is 56.0 Å². The van der Waals surface area contributed by atoms with E-state index in [0.717, 1.165) is 5.69 Å². The van der Waals surface area contributed by atoms with Gasteiger partial charge in [0.05, 0.1) is 6.10 Å². The van der Waals surface area contributed by atoms with Gasteiger partial charge in [-0.3, -0.25) is 9.59 Å². The van der Waals surface area contributed by atoms with Crippen molar-refractivity contribution in [2.75, 3.05) is 25.1 Å². The van der Waals surface area contributed by atoms with E-state index < -0.39 is 0 Å². The Labute approximate surface area is 143 Å². The zero-order valence-electron chi connectivity index (χ0n) is 14.5. The van der Waals surface area contributed by atoms with Crippen molar-refractivity contribution in [1.29, 1.82) is 0 Å². The molecule has 0 aromatic heterocycles. The van der Waals surface area contributed by atoms with Crippen LogP contribution in [0.15, 0.2) is 36.9 Å². The molecule has 1 aromatic rings. The molecular formula is C19H26N2O3. The maximum atomic E-state index is 12.3. The van der Waals surface area contributed by atoms with Crippen LogP contribution in [0, 0.1) is 5.92 Å². The van der Waals surface area contributed by atoms with Gasteiger partial charge in [-0.1, -0.05) is 13.0 Å². The number of amides is 2. The molecule has 0 heterocycles. The quantitative estimate of drug-likeness (QED) is 0.746. The Morgan fingerprint density at radius 3 is 2.54 bits per heavy atom. The van der Waals surface area contributed by atoms with Gasteiger partial charge in [0, 0.05) is 31.5 Å². The number of hydrogen-bond donors (Lipinski definition) is 1. The molecule has 1 aliphatic rings. The summed E-state index contributed by atoms with van der Waals surface area (Å²) in [6.07, 6.45) is 4.97. The van der Waals surface area contributed by atoms with E-state index in [1.54, 1.807) is 31.3 Å². The summed E-state index contributed by atoms with van der Waals surface area (Å²) in [6.45, 7) is 6.64. The molecule has 0 saturated heterocycles. The molecule has 2 rings (SSSR count). The second-order valence-corrected chi connectivity index (χ2v) is 6.04. The number of hydrogen-bond acceptors (Lipinski definition) is 3. The number of nitrogens with one attached hydrogen (secondary N) is 1. The van der Waals surface area contributed by atoms with Crippen molar-refractivity contribution in [2.24, 2.45) is 5.92 Å². The Hall–Kier alpha value is -2.14. The van der Waals surface area contributed by atoms with Gasteiger partial charge in [-0.25, -0.2) is 0 Å². The monoisotopic (exact) mass is 330 g/mol. The highest BCUT2D eigenvalue weighted by Gasteiger charge is 2.28. The molecule has 1 fully saturated rings. The molecule has 2 amide bonds. The van der Waals surface area contributed by atoms with Gasteiger partial charge in [0.1, 0.15) is 0 Å². The smallest absolute Gasteiger partial charge is 0.251 e. The summed E-state index contributed by atoms with van der Waals surface area (Å²) in [6, 6.07) is 6.94. The van der Waals surface area contributed by atoms with Crippen LogP contribution in [0.5, 0.6) is 0 Å². The highest BCUT2D eigenvalue weighted by Crippen LogP contribution is 2.31. The van der Waals surface area contributed by atoms with E-state index in [1.807, 2.05) is 6.92 Å². The first-order valence-electron chi connectivity index (χ1n) is 8.46. The number of benzene rings is 1. The van der Waals surface area contributed by atoms with Crippen LogP contribution in [0.4, 0.5) is 5.69 Å². The molecule has 0 spiro atoms. The van der Waals surface area contributed by atoms with E-state index in [-0.39, 0.29) is 17.9 Å². The minimum Gasteiger partial charge on any atom is -0.376 e. The topological polar surface area (TPSA) is 58.6 Å². The third-order valence-corrected chi connectivity index (χ3v) is 4.54. The van der Waals surface area contributed by atoms with Gasteiger partial charge in [0.25, 0.3) is 5.91 Å². The molecule has 1 aliphatic carbocycles. The third-order valence-electron chi connectivity index (χ3n) is 4.54. The summed E-state index contributed by atoms with van der Waals surface area (Å²) in [4.78, 5) is 25.4. The Bertz CT molecular complexity index is 579. The van der Waals surface area contributed by atoms with Crippen molar-refractivity contribution in [2.45, 2.75) is 32.3 Å². The van der Waals surface area contributed by atoms with E-state index in [1.165, 1.54) is 30.2 Å². The number of carbonyl (C=O) groups excluding carboxylic acids is 2. The van der Waals surface area contributed by atoms with Gasteiger partial charge in [0.2, 0.25) is 5.91 Å². The summed E-state index contributed by atoms with van der Waals surface area (Å²) in [5.74, 6) is 0.252. The standard InChI is InChI=1S/C19H26N2O3/c1-4-18(22)21(3)16-11-9-15(10-12-16)19(23)20-13-17(24-5-2)14-7-6-8-14/h4,9-12,14,17H,1,5-8,13H2,2-3H3,(H,20,23). The van der Waals surface area contributed by atoms with Crippen molar-refractivity contribution in [1.82, 2.24) is 5.32 Å². The third kappa shape index (κ3) is 4.45. The van der Waals surface area contributed by atoms with E-state index in [4.69, 9.17) is 4.74 Å². The lowest BCUT2D eigenvalue weighted by atomic mass is 9.81. The number of rotatable bonds is 8. The lowest BCUT2D eigenvalue weighted by Gasteiger charge is -2.33. The van der Waals surface area contributed by atoms with Gasteiger partial charge in [0.15, 0.2) is 0 Å². The van der Waals surface area contributed by atoms with Crippen LogP contribution in [-0.4, -0.2) is 38.1 Å². The van der Waals surface area contributed by atoms with E-state index >= 15 is 0 Å². The minimum atomic E-state index is -0.188. The Kier molecular flexibility index (Phi) is 6.55. The maximum Gasteiger partial charge on any atom is 0.251 e. The lowest BCUT2D eigenvalue weighted by molar-refractivity contribution is -0.113. The van der Waals surface area contributed by atoms with Gasteiger partial charge in [-0.2, -0.15) is 0 Å². The Balaban J connectivity index is 1.92. The van der Waals surface area contributed by atoms with E-state index in [2.05, 4.69) is 11.9 Å². The van der Waals surface area contributed by atoms with Crippen molar-refractivity contribution in [3.8, 4) is 0 Å². The van der Waals surface area contributed by atoms with Crippen LogP contribution in [0.25, 0.3) is 0 Å². The van der Waals surface area contributed by atoms with Crippen molar-refractivity contribution in [3.63, 3.8) is 0 Å². The molecule has 24 heavy (non-hydrogen) atoms. The molecule has 1 saturated carbocycles. The first-order chi connectivity index (χ1) is 11.6. The normalized spacial score (nSPS) is 15.2. The second kappa shape index (κ2) is 8.64. The zero-order chi connectivity index (χ0) is 17.5. The SMILES string of the molecule is C=CC(=O)N(C)c1ccc(C(=O)NCC(OCC)C2CCC2)cc1. The first-order valence-corrected chi connectivity index (χ1v) is 8.46. The van der Waals surface area contributed by atoms with Gasteiger partial charge >= 0.3 is 0 Å². The number of likely N-dealkylation sites (N-methyl/N-ethyl adjacent to an activating group) is 1. The summed E-state index contributed by atoms with van der Waals surface area (Å²) in [5.41, 5.74) is 1.29. The fourth-order valence-corrected chi connectivity index (χ4v) is 2.78. The molecule has 130 valence electrons. The zero-order valence-corrected chi connectivity index (χ0v) is 14.5. The molecular weight excluding hydrogens is 304 g/mol. The first kappa shape index (κ1) is 18.2. The van der Waals surface area contributed by atoms with Gasteiger partial charge in [-0.15, -0.1) is 0 Å². The van der Waals surface area contributed by atoms with Crippen molar-refractivity contribution < 1.29 is 14.3 Å². The maximum absolute atomic E-state index is 12.3. The van der Waals surface area contributed by atoms with Crippen LogP contribution in [-0.2, 0) is 9.53 Å². The van der Waals surface area contributed by atoms with Crippen molar-refractivity contribution >= 4 is 17.5 Å². The number of nitrogens with zero attached hydrogens (tertiary/aromatic N) is 1. The molecule has 1 atom stereocenters. The Morgan fingerprint density at radius 1 is 1.38 bits per heavy atom. The largest absolute Gasteiger partial charge is 0.376 e. The Morgan fingerprint density at radius 2 is 2.04 bits per heavy atom. The highest BCUT2D eigenvalue weighted by atomic mass is 16.5. The van der Waals surface area contributed by atoms with Crippen LogP contribution < -0.4 is 10.2 Å². The molecule has 0 aliphatic heterocycles. The van der Waals surface area contributed by atoms with Crippen LogP contribution in [0.2, 0.25) is 0 Å². The average molecular weight is 330 g/mol. The predicted octanol–water partition coefficient (Wildman–Crippen LogP) is 2.77. The van der Waals surface area contributed by atoms with Gasteiger partial charge < -0.3 is 15.0 Å². The fourth-order valence-electron chi connectivity index (χ4n) is 2.78. The molecule has 1 aromatic carbocycles. The number of carbonyl (C=O) groups is 2. The molecule has 5 heteroatoms. The number of ether oxygens (including phenoxy) is 1. The summed E-state index contributed by atoms with van der Waals surface area (Å²) < 4.78 is 5.75.